The summed E-state index contributed by atoms with van der Waals surface area (Å²) in [4.78, 5) is 22.8. The van der Waals surface area contributed by atoms with Gasteiger partial charge in [0.05, 0.1) is 7.11 Å². The molecule has 0 aliphatic carbocycles. The van der Waals surface area contributed by atoms with Crippen LogP contribution in [0.3, 0.4) is 0 Å². The molecular formula is C14H20N2O4. The average molecular weight is 280 g/mol. The topological polar surface area (TPSA) is 87.7 Å². The lowest BCUT2D eigenvalue weighted by atomic mass is 10.1. The third-order valence-corrected chi connectivity index (χ3v) is 2.87. The lowest BCUT2D eigenvalue weighted by molar-refractivity contribution is -0.140. The van der Waals surface area contributed by atoms with Crippen LogP contribution in [-0.2, 0) is 4.79 Å². The zero-order valence-electron chi connectivity index (χ0n) is 12.1. The lowest BCUT2D eigenvalue weighted by Crippen LogP contribution is -2.46. The van der Waals surface area contributed by atoms with Gasteiger partial charge in [0, 0.05) is 5.69 Å². The third kappa shape index (κ3) is 4.15. The average Bonchev–Trinajstić information content (AvgIpc) is 2.35. The van der Waals surface area contributed by atoms with E-state index in [9.17, 15) is 9.59 Å². The SMILES string of the molecule is COc1ccc(NC(=O)N[C@H](C(=O)O)C(C)C)cc1C. The minimum Gasteiger partial charge on any atom is -0.496 e. The zero-order valence-corrected chi connectivity index (χ0v) is 12.1. The summed E-state index contributed by atoms with van der Waals surface area (Å²) in [5, 5.41) is 14.0. The molecule has 3 N–H and O–H groups in total. The number of carboxylic acids is 1. The van der Waals surface area contributed by atoms with Gasteiger partial charge >= 0.3 is 12.0 Å². The summed E-state index contributed by atoms with van der Waals surface area (Å²) in [6, 6.07) is 3.72. The van der Waals surface area contributed by atoms with E-state index < -0.39 is 18.0 Å². The summed E-state index contributed by atoms with van der Waals surface area (Å²) < 4.78 is 5.13. The van der Waals surface area contributed by atoms with Crippen molar-refractivity contribution < 1.29 is 19.4 Å². The number of nitrogens with one attached hydrogen (secondary N) is 2. The van der Waals surface area contributed by atoms with Gasteiger partial charge in [-0.05, 0) is 36.6 Å². The van der Waals surface area contributed by atoms with Gasteiger partial charge in [0.1, 0.15) is 11.8 Å². The molecule has 0 aliphatic rings. The van der Waals surface area contributed by atoms with Gasteiger partial charge in [0.2, 0.25) is 0 Å². The van der Waals surface area contributed by atoms with Gasteiger partial charge in [0.25, 0.3) is 0 Å². The van der Waals surface area contributed by atoms with Crippen molar-refractivity contribution in [2.75, 3.05) is 12.4 Å². The molecule has 0 bridgehead atoms. The Morgan fingerprint density at radius 2 is 1.95 bits per heavy atom. The molecule has 0 saturated heterocycles. The molecule has 1 rings (SSSR count). The molecule has 0 aliphatic heterocycles. The number of amides is 2. The molecule has 110 valence electrons. The number of anilines is 1. The number of rotatable bonds is 5. The summed E-state index contributed by atoms with van der Waals surface area (Å²) in [7, 11) is 1.57. The number of methoxy groups -OCH3 is 1. The largest absolute Gasteiger partial charge is 0.496 e. The maximum Gasteiger partial charge on any atom is 0.326 e. The Hall–Kier alpha value is -2.24. The first kappa shape index (κ1) is 15.8. The molecule has 1 atom stereocenters. The number of carbonyl (C=O) groups excluding carboxylic acids is 1. The number of carbonyl (C=O) groups is 2. The fourth-order valence-electron chi connectivity index (χ4n) is 1.78. The fourth-order valence-corrected chi connectivity index (χ4v) is 1.78. The minimum absolute atomic E-state index is 0.198. The van der Waals surface area contributed by atoms with Gasteiger partial charge in [-0.25, -0.2) is 9.59 Å². The minimum atomic E-state index is -1.05. The van der Waals surface area contributed by atoms with Crippen molar-refractivity contribution in [3.63, 3.8) is 0 Å². The first-order valence-corrected chi connectivity index (χ1v) is 6.30. The van der Waals surface area contributed by atoms with Gasteiger partial charge in [-0.1, -0.05) is 13.8 Å². The second-order valence-corrected chi connectivity index (χ2v) is 4.84. The first-order chi connectivity index (χ1) is 9.35. The van der Waals surface area contributed by atoms with E-state index in [0.717, 1.165) is 11.3 Å². The van der Waals surface area contributed by atoms with Crippen molar-refractivity contribution in [3.05, 3.63) is 23.8 Å². The third-order valence-electron chi connectivity index (χ3n) is 2.87. The van der Waals surface area contributed by atoms with E-state index in [1.165, 1.54) is 0 Å². The Labute approximate surface area is 118 Å². The molecule has 1 aromatic rings. The molecule has 6 heteroatoms. The summed E-state index contributed by atoms with van der Waals surface area (Å²) in [5.41, 5.74) is 1.46. The summed E-state index contributed by atoms with van der Waals surface area (Å²) in [6.45, 7) is 5.32. The molecule has 1 aromatic carbocycles. The molecule has 0 unspecified atom stereocenters. The quantitative estimate of drug-likeness (QED) is 0.771. The van der Waals surface area contributed by atoms with Crippen molar-refractivity contribution in [3.8, 4) is 5.75 Å². The fraction of sp³-hybridized carbons (Fsp3) is 0.429. The van der Waals surface area contributed by atoms with Crippen molar-refractivity contribution in [2.24, 2.45) is 5.92 Å². The molecule has 0 spiro atoms. The smallest absolute Gasteiger partial charge is 0.326 e. The van der Waals surface area contributed by atoms with Crippen molar-refractivity contribution in [1.82, 2.24) is 5.32 Å². The molecule has 2 amide bonds. The maximum absolute atomic E-state index is 11.8. The van der Waals surface area contributed by atoms with E-state index in [0.29, 0.717) is 5.69 Å². The first-order valence-electron chi connectivity index (χ1n) is 6.30. The standard InChI is InChI=1S/C14H20N2O4/c1-8(2)12(13(17)18)16-14(19)15-10-5-6-11(20-4)9(3)7-10/h5-8,12H,1-4H3,(H,17,18)(H2,15,16,19)/t12-/m0/s1. The van der Waals surface area contributed by atoms with Crippen LogP contribution >= 0.6 is 0 Å². The molecule has 0 radical (unpaired) electrons. The van der Waals surface area contributed by atoms with Crippen molar-refractivity contribution in [2.45, 2.75) is 26.8 Å². The molecule has 0 saturated carbocycles. The number of aliphatic carboxylic acids is 1. The normalized spacial score (nSPS) is 11.8. The lowest BCUT2D eigenvalue weighted by Gasteiger charge is -2.18. The molecular weight excluding hydrogens is 260 g/mol. The van der Waals surface area contributed by atoms with Crippen LogP contribution in [0.25, 0.3) is 0 Å². The van der Waals surface area contributed by atoms with E-state index in [-0.39, 0.29) is 5.92 Å². The summed E-state index contributed by atoms with van der Waals surface area (Å²) >= 11 is 0. The Kier molecular flexibility index (Phi) is 5.37. The Bertz CT molecular complexity index is 500. The highest BCUT2D eigenvalue weighted by Gasteiger charge is 2.23. The predicted octanol–water partition coefficient (Wildman–Crippen LogP) is 2.23. The van der Waals surface area contributed by atoms with Gasteiger partial charge < -0.3 is 20.5 Å². The number of benzene rings is 1. The number of carboxylic acid groups (broad SMARTS) is 1. The molecule has 0 fully saturated rings. The van der Waals surface area contributed by atoms with Crippen LogP contribution < -0.4 is 15.4 Å². The van der Waals surface area contributed by atoms with E-state index in [2.05, 4.69) is 10.6 Å². The van der Waals surface area contributed by atoms with Crippen LogP contribution in [0.15, 0.2) is 18.2 Å². The Balaban J connectivity index is 2.71. The molecule has 6 nitrogen and oxygen atoms in total. The monoisotopic (exact) mass is 280 g/mol. The van der Waals surface area contributed by atoms with Crippen LogP contribution in [-0.4, -0.2) is 30.3 Å². The second-order valence-electron chi connectivity index (χ2n) is 4.84. The molecule has 20 heavy (non-hydrogen) atoms. The van der Waals surface area contributed by atoms with Crippen molar-refractivity contribution >= 4 is 17.7 Å². The zero-order chi connectivity index (χ0) is 15.3. The van der Waals surface area contributed by atoms with E-state index >= 15 is 0 Å². The Morgan fingerprint density at radius 1 is 1.30 bits per heavy atom. The summed E-state index contributed by atoms with van der Waals surface area (Å²) in [6.07, 6.45) is 0. The van der Waals surface area contributed by atoms with Gasteiger partial charge in [-0.2, -0.15) is 0 Å². The highest BCUT2D eigenvalue weighted by molar-refractivity contribution is 5.92. The van der Waals surface area contributed by atoms with E-state index in [1.807, 2.05) is 6.92 Å². The number of hydrogen-bond donors (Lipinski definition) is 3. The highest BCUT2D eigenvalue weighted by atomic mass is 16.5. The number of urea groups is 1. The van der Waals surface area contributed by atoms with Crippen molar-refractivity contribution in [1.29, 1.82) is 0 Å². The number of hydrogen-bond acceptors (Lipinski definition) is 3. The van der Waals surface area contributed by atoms with Gasteiger partial charge in [-0.15, -0.1) is 0 Å². The van der Waals surface area contributed by atoms with Crippen LogP contribution in [0, 0.1) is 12.8 Å². The van der Waals surface area contributed by atoms with Gasteiger partial charge in [0.15, 0.2) is 0 Å². The van der Waals surface area contributed by atoms with E-state index in [1.54, 1.807) is 39.2 Å². The molecule has 0 heterocycles. The summed E-state index contributed by atoms with van der Waals surface area (Å²) in [5.74, 6) is -0.529. The number of aryl methyl sites for hydroxylation is 1. The number of ether oxygens (including phenoxy) is 1. The van der Waals surface area contributed by atoms with Crippen LogP contribution in [0.4, 0.5) is 10.5 Å². The maximum atomic E-state index is 11.8. The highest BCUT2D eigenvalue weighted by Crippen LogP contribution is 2.21. The molecule has 0 aromatic heterocycles. The van der Waals surface area contributed by atoms with Crippen LogP contribution in [0.2, 0.25) is 0 Å². The van der Waals surface area contributed by atoms with Crippen LogP contribution in [0.1, 0.15) is 19.4 Å². The van der Waals surface area contributed by atoms with Gasteiger partial charge in [-0.3, -0.25) is 0 Å². The van der Waals surface area contributed by atoms with Crippen LogP contribution in [0.5, 0.6) is 5.75 Å². The van der Waals surface area contributed by atoms with E-state index in [4.69, 9.17) is 9.84 Å². The predicted molar refractivity (Wildman–Crippen MR) is 76.1 cm³/mol. The Morgan fingerprint density at radius 3 is 2.40 bits per heavy atom. The second kappa shape index (κ2) is 6.79.